The lowest BCUT2D eigenvalue weighted by atomic mass is 9.72. The number of hydrogen-bond donors (Lipinski definition) is 2. The minimum atomic E-state index is -0.741. The van der Waals surface area contributed by atoms with Crippen molar-refractivity contribution in [3.63, 3.8) is 0 Å². The fraction of sp³-hybridized carbons (Fsp3) is 0.419. The average Bonchev–Trinajstić information content (AvgIpc) is 3.03. The molecule has 0 radical (unpaired) electrons. The predicted octanol–water partition coefficient (Wildman–Crippen LogP) is 3.51. The molecular weight excluding hydrogens is 570 g/mol. The number of carbonyl (C=O) groups is 4. The highest BCUT2D eigenvalue weighted by Crippen LogP contribution is 2.37. The van der Waals surface area contributed by atoms with Crippen molar-refractivity contribution in [3.8, 4) is 0 Å². The van der Waals surface area contributed by atoms with Crippen LogP contribution in [0.4, 0.5) is 15.3 Å². The summed E-state index contributed by atoms with van der Waals surface area (Å²) in [6.45, 7) is 5.75. The topological polar surface area (TPSA) is 160 Å². The van der Waals surface area contributed by atoms with Crippen LogP contribution in [0.15, 0.2) is 54.1 Å². The number of urea groups is 2. The van der Waals surface area contributed by atoms with Gasteiger partial charge in [0.05, 0.1) is 41.9 Å². The molecule has 4 rings (SSSR count). The SMILES string of the molecule is CCOC(=O)C1(c2ccccc2)CCN(CCCNC(=O)N2CC(C(=O)OC)=C(c3ccc([N+](=O)[O-])cc3C)NC2=O)CC1. The third-order valence-electron chi connectivity index (χ3n) is 8.09. The highest BCUT2D eigenvalue weighted by Gasteiger charge is 2.44. The van der Waals surface area contributed by atoms with Gasteiger partial charge in [-0.05, 0) is 69.9 Å². The van der Waals surface area contributed by atoms with E-state index < -0.39 is 28.4 Å². The molecule has 2 N–H and O–H groups in total. The largest absolute Gasteiger partial charge is 0.466 e. The Morgan fingerprint density at radius 3 is 2.43 bits per heavy atom. The summed E-state index contributed by atoms with van der Waals surface area (Å²) in [5, 5.41) is 16.5. The number of piperidine rings is 1. The van der Waals surface area contributed by atoms with Crippen LogP contribution < -0.4 is 10.6 Å². The third-order valence-corrected chi connectivity index (χ3v) is 8.09. The number of rotatable bonds is 10. The van der Waals surface area contributed by atoms with Crippen LogP contribution in [0.25, 0.3) is 5.70 Å². The number of nitro benzene ring substituents is 1. The molecule has 234 valence electrons. The van der Waals surface area contributed by atoms with Crippen LogP contribution in [0.5, 0.6) is 0 Å². The molecule has 1 saturated heterocycles. The number of hydrogen-bond acceptors (Lipinski definition) is 9. The molecule has 44 heavy (non-hydrogen) atoms. The quantitative estimate of drug-likeness (QED) is 0.178. The minimum absolute atomic E-state index is 0.0380. The zero-order valence-electron chi connectivity index (χ0n) is 25.1. The second kappa shape index (κ2) is 14.1. The van der Waals surface area contributed by atoms with Crippen LogP contribution in [0.3, 0.4) is 0 Å². The van der Waals surface area contributed by atoms with Crippen LogP contribution in [0.2, 0.25) is 0 Å². The van der Waals surface area contributed by atoms with Gasteiger partial charge in [0, 0.05) is 24.2 Å². The van der Waals surface area contributed by atoms with Crippen LogP contribution in [-0.4, -0.2) is 85.2 Å². The van der Waals surface area contributed by atoms with Gasteiger partial charge in [0.25, 0.3) is 5.69 Å². The molecule has 0 bridgehead atoms. The number of likely N-dealkylation sites (tertiary alicyclic amines) is 1. The Morgan fingerprint density at radius 2 is 1.82 bits per heavy atom. The summed E-state index contributed by atoms with van der Waals surface area (Å²) in [5.74, 6) is -0.944. The van der Waals surface area contributed by atoms with E-state index in [-0.39, 0.29) is 36.0 Å². The zero-order valence-corrected chi connectivity index (χ0v) is 25.1. The maximum atomic E-state index is 13.0. The molecule has 2 aromatic rings. The number of amides is 4. The Morgan fingerprint density at radius 1 is 1.11 bits per heavy atom. The first-order valence-electron chi connectivity index (χ1n) is 14.5. The third kappa shape index (κ3) is 6.88. The number of benzene rings is 2. The molecule has 2 heterocycles. The summed E-state index contributed by atoms with van der Waals surface area (Å²) in [5.41, 5.74) is 1.19. The molecule has 0 aromatic heterocycles. The van der Waals surface area contributed by atoms with Crippen molar-refractivity contribution in [3.05, 3.63) is 80.9 Å². The van der Waals surface area contributed by atoms with E-state index in [2.05, 4.69) is 15.5 Å². The smallest absolute Gasteiger partial charge is 0.337 e. The average molecular weight is 608 g/mol. The first-order valence-corrected chi connectivity index (χ1v) is 14.5. The van der Waals surface area contributed by atoms with Crippen molar-refractivity contribution in [2.24, 2.45) is 0 Å². The molecule has 0 unspecified atom stereocenters. The Bertz CT molecular complexity index is 1450. The van der Waals surface area contributed by atoms with Gasteiger partial charge in [-0.15, -0.1) is 0 Å². The first-order chi connectivity index (χ1) is 21.1. The van der Waals surface area contributed by atoms with Crippen LogP contribution in [0.1, 0.15) is 42.9 Å². The van der Waals surface area contributed by atoms with Gasteiger partial charge in [-0.2, -0.15) is 0 Å². The molecule has 2 aromatic carbocycles. The van der Waals surface area contributed by atoms with Gasteiger partial charge in [0.1, 0.15) is 0 Å². The van der Waals surface area contributed by atoms with E-state index in [1.807, 2.05) is 30.3 Å². The van der Waals surface area contributed by atoms with E-state index in [0.717, 1.165) is 10.5 Å². The molecular formula is C31H37N5O8. The summed E-state index contributed by atoms with van der Waals surface area (Å²) >= 11 is 0. The second-order valence-electron chi connectivity index (χ2n) is 10.7. The lowest BCUT2D eigenvalue weighted by molar-refractivity contribution is -0.384. The summed E-state index contributed by atoms with van der Waals surface area (Å²) in [6, 6.07) is 12.3. The number of nitrogens with zero attached hydrogens (tertiary/aromatic N) is 3. The van der Waals surface area contributed by atoms with Gasteiger partial charge in [-0.3, -0.25) is 14.9 Å². The summed E-state index contributed by atoms with van der Waals surface area (Å²) in [6.07, 6.45) is 1.84. The predicted molar refractivity (Wildman–Crippen MR) is 160 cm³/mol. The molecule has 0 saturated carbocycles. The molecule has 1 fully saturated rings. The van der Waals surface area contributed by atoms with E-state index in [1.54, 1.807) is 13.8 Å². The summed E-state index contributed by atoms with van der Waals surface area (Å²) < 4.78 is 10.3. The van der Waals surface area contributed by atoms with Gasteiger partial charge in [0.2, 0.25) is 0 Å². The molecule has 0 aliphatic carbocycles. The van der Waals surface area contributed by atoms with Crippen molar-refractivity contribution in [1.29, 1.82) is 0 Å². The van der Waals surface area contributed by atoms with Crippen molar-refractivity contribution < 1.29 is 33.6 Å². The number of nitro groups is 1. The lowest BCUT2D eigenvalue weighted by Gasteiger charge is -2.40. The van der Waals surface area contributed by atoms with E-state index >= 15 is 0 Å². The van der Waals surface area contributed by atoms with Crippen molar-refractivity contribution in [2.75, 3.05) is 46.4 Å². The number of imide groups is 1. The van der Waals surface area contributed by atoms with Crippen molar-refractivity contribution >= 4 is 35.4 Å². The van der Waals surface area contributed by atoms with Crippen molar-refractivity contribution in [2.45, 2.75) is 38.5 Å². The van der Waals surface area contributed by atoms with Gasteiger partial charge in [0.15, 0.2) is 0 Å². The highest BCUT2D eigenvalue weighted by atomic mass is 16.6. The maximum Gasteiger partial charge on any atom is 0.337 e. The van der Waals surface area contributed by atoms with E-state index in [9.17, 15) is 29.3 Å². The maximum absolute atomic E-state index is 13.0. The van der Waals surface area contributed by atoms with Crippen molar-refractivity contribution in [1.82, 2.24) is 20.4 Å². The van der Waals surface area contributed by atoms with Gasteiger partial charge < -0.3 is 25.0 Å². The summed E-state index contributed by atoms with van der Waals surface area (Å²) in [7, 11) is 1.19. The van der Waals surface area contributed by atoms with Gasteiger partial charge >= 0.3 is 24.0 Å². The fourth-order valence-corrected chi connectivity index (χ4v) is 5.67. The zero-order chi connectivity index (χ0) is 31.9. The Kier molecular flexibility index (Phi) is 10.3. The van der Waals surface area contributed by atoms with Gasteiger partial charge in [-0.25, -0.2) is 19.3 Å². The monoisotopic (exact) mass is 607 g/mol. The second-order valence-corrected chi connectivity index (χ2v) is 10.7. The molecule has 0 atom stereocenters. The Hall–Kier alpha value is -4.78. The van der Waals surface area contributed by atoms with E-state index in [1.165, 1.54) is 25.3 Å². The standard InChI is InChI=1S/C31H37N5O8/c1-4-44-28(38)31(22-9-6-5-7-10-22)13-17-34(18-14-31)16-8-15-32-29(39)35-20-25(27(37)43-3)26(33-30(35)40)24-12-11-23(36(41)42)19-21(24)2/h5-7,9-12,19H,4,8,13-18,20H2,1-3H3,(H,32,39)(H,33,40). The number of ether oxygens (including phenoxy) is 2. The lowest BCUT2D eigenvalue weighted by Crippen LogP contribution is -2.53. The molecule has 13 heteroatoms. The number of esters is 2. The van der Waals surface area contributed by atoms with Gasteiger partial charge in [-0.1, -0.05) is 30.3 Å². The number of methoxy groups -OCH3 is 1. The first kappa shape index (κ1) is 32.1. The number of aryl methyl sites for hydroxylation is 1. The summed E-state index contributed by atoms with van der Waals surface area (Å²) in [4.78, 5) is 65.2. The number of non-ortho nitro benzene ring substituents is 1. The van der Waals surface area contributed by atoms with Crippen LogP contribution in [-0.2, 0) is 24.5 Å². The molecule has 4 amide bonds. The molecule has 2 aliphatic rings. The Balaban J connectivity index is 1.34. The fourth-order valence-electron chi connectivity index (χ4n) is 5.67. The highest BCUT2D eigenvalue weighted by molar-refractivity contribution is 6.07. The van der Waals surface area contributed by atoms with E-state index in [0.29, 0.717) is 56.6 Å². The molecule has 2 aliphatic heterocycles. The normalized spacial score (nSPS) is 16.6. The number of carbonyl (C=O) groups excluding carboxylic acids is 4. The minimum Gasteiger partial charge on any atom is -0.466 e. The van der Waals surface area contributed by atoms with Crippen LogP contribution >= 0.6 is 0 Å². The van der Waals surface area contributed by atoms with E-state index in [4.69, 9.17) is 9.47 Å². The molecule has 13 nitrogen and oxygen atoms in total. The Labute approximate surface area is 255 Å². The van der Waals surface area contributed by atoms with Crippen LogP contribution in [0, 0.1) is 17.0 Å². The number of nitrogens with one attached hydrogen (secondary N) is 2. The molecule has 0 spiro atoms.